The van der Waals surface area contributed by atoms with E-state index in [-0.39, 0.29) is 6.54 Å². The van der Waals surface area contributed by atoms with Crippen molar-refractivity contribution in [1.82, 2.24) is 5.32 Å². The number of alkyl halides is 3. The van der Waals surface area contributed by atoms with Gasteiger partial charge < -0.3 is 15.5 Å². The van der Waals surface area contributed by atoms with Gasteiger partial charge in [-0.25, -0.2) is 0 Å². The van der Waals surface area contributed by atoms with Crippen molar-refractivity contribution < 1.29 is 23.4 Å². The fourth-order valence-corrected chi connectivity index (χ4v) is 1.72. The fraction of sp³-hybridized carbons (Fsp3) is 0.455. The van der Waals surface area contributed by atoms with Crippen molar-refractivity contribution in [3.63, 3.8) is 0 Å². The first-order valence-electron chi connectivity index (χ1n) is 5.19. The summed E-state index contributed by atoms with van der Waals surface area (Å²) in [4.78, 5) is 0. The zero-order valence-corrected chi connectivity index (χ0v) is 10.9. The molecule has 1 aromatic rings. The van der Waals surface area contributed by atoms with Crippen LogP contribution in [0.5, 0.6) is 0 Å². The Morgan fingerprint density at radius 3 is 2.44 bits per heavy atom. The van der Waals surface area contributed by atoms with Crippen molar-refractivity contribution in [3.8, 4) is 0 Å². The number of nitrogens with one attached hydrogen (secondary N) is 1. The predicted octanol–water partition coefficient (Wildman–Crippen LogP) is 2.00. The molecule has 3 N–H and O–H groups in total. The Hall–Kier alpha value is -0.630. The second-order valence-electron chi connectivity index (χ2n) is 3.79. The maximum atomic E-state index is 12.0. The zero-order chi connectivity index (χ0) is 13.8. The highest BCUT2D eigenvalue weighted by Crippen LogP contribution is 2.20. The lowest BCUT2D eigenvalue weighted by Gasteiger charge is -2.17. The van der Waals surface area contributed by atoms with Crippen molar-refractivity contribution in [2.24, 2.45) is 0 Å². The van der Waals surface area contributed by atoms with Crippen molar-refractivity contribution in [2.75, 3.05) is 13.1 Å². The maximum absolute atomic E-state index is 12.0. The molecule has 0 aromatic heterocycles. The molecule has 0 aliphatic rings. The number of hydrogen-bond donors (Lipinski definition) is 3. The minimum Gasteiger partial charge on any atom is -0.387 e. The lowest BCUT2D eigenvalue weighted by molar-refractivity contribution is -0.202. The van der Waals surface area contributed by atoms with Gasteiger partial charge in [0, 0.05) is 17.6 Å². The van der Waals surface area contributed by atoms with Gasteiger partial charge in [-0.15, -0.1) is 0 Å². The number of aliphatic hydroxyl groups excluding tert-OH is 2. The second-order valence-corrected chi connectivity index (χ2v) is 4.70. The van der Waals surface area contributed by atoms with Crippen LogP contribution in [0.4, 0.5) is 13.2 Å². The van der Waals surface area contributed by atoms with E-state index in [2.05, 4.69) is 21.2 Å². The first-order chi connectivity index (χ1) is 8.30. The summed E-state index contributed by atoms with van der Waals surface area (Å²) in [6, 6.07) is 6.83. The molecule has 1 rings (SSSR count). The summed E-state index contributed by atoms with van der Waals surface area (Å²) >= 11 is 3.23. The minimum absolute atomic E-state index is 0.0659. The second kappa shape index (κ2) is 6.51. The molecule has 1 aromatic carbocycles. The van der Waals surface area contributed by atoms with Crippen molar-refractivity contribution in [1.29, 1.82) is 0 Å². The van der Waals surface area contributed by atoms with Crippen LogP contribution in [-0.4, -0.2) is 35.6 Å². The van der Waals surface area contributed by atoms with Crippen LogP contribution in [0, 0.1) is 0 Å². The van der Waals surface area contributed by atoms with Crippen LogP contribution in [0.2, 0.25) is 0 Å². The summed E-state index contributed by atoms with van der Waals surface area (Å²) in [6.07, 6.45) is -8.00. The monoisotopic (exact) mass is 327 g/mol. The Bertz CT molecular complexity index is 387. The third-order valence-electron chi connectivity index (χ3n) is 2.29. The van der Waals surface area contributed by atoms with E-state index in [9.17, 15) is 18.3 Å². The van der Waals surface area contributed by atoms with E-state index in [1.165, 1.54) is 0 Å². The van der Waals surface area contributed by atoms with Gasteiger partial charge in [0.25, 0.3) is 0 Å². The van der Waals surface area contributed by atoms with Crippen LogP contribution in [0.3, 0.4) is 0 Å². The third-order valence-corrected chi connectivity index (χ3v) is 2.78. The molecule has 0 radical (unpaired) electrons. The zero-order valence-electron chi connectivity index (χ0n) is 9.28. The van der Waals surface area contributed by atoms with E-state index in [1.807, 2.05) is 0 Å². The summed E-state index contributed by atoms with van der Waals surface area (Å²) in [5.41, 5.74) is 0.582. The van der Waals surface area contributed by atoms with E-state index in [4.69, 9.17) is 5.11 Å². The lowest BCUT2D eigenvalue weighted by Crippen LogP contribution is -2.39. The number of benzene rings is 1. The summed E-state index contributed by atoms with van der Waals surface area (Å²) < 4.78 is 36.7. The SMILES string of the molecule is OC(CNCC(O)C(F)(F)F)c1cccc(Br)c1. The van der Waals surface area contributed by atoms with Crippen LogP contribution < -0.4 is 5.32 Å². The van der Waals surface area contributed by atoms with E-state index in [0.29, 0.717) is 5.56 Å². The van der Waals surface area contributed by atoms with Gasteiger partial charge in [-0.05, 0) is 17.7 Å². The minimum atomic E-state index is -4.65. The highest BCUT2D eigenvalue weighted by atomic mass is 79.9. The Balaban J connectivity index is 2.40. The molecule has 0 saturated carbocycles. The molecule has 2 unspecified atom stereocenters. The third kappa shape index (κ3) is 4.93. The van der Waals surface area contributed by atoms with Crippen molar-refractivity contribution in [2.45, 2.75) is 18.4 Å². The fourth-order valence-electron chi connectivity index (χ4n) is 1.30. The van der Waals surface area contributed by atoms with Gasteiger partial charge in [-0.3, -0.25) is 0 Å². The number of rotatable bonds is 5. The quantitative estimate of drug-likeness (QED) is 0.775. The van der Waals surface area contributed by atoms with E-state index < -0.39 is 24.9 Å². The van der Waals surface area contributed by atoms with Gasteiger partial charge in [-0.2, -0.15) is 13.2 Å². The van der Waals surface area contributed by atoms with E-state index in [1.54, 1.807) is 24.3 Å². The van der Waals surface area contributed by atoms with Gasteiger partial charge >= 0.3 is 6.18 Å². The molecule has 18 heavy (non-hydrogen) atoms. The molecule has 0 aliphatic carbocycles. The Kier molecular flexibility index (Phi) is 5.58. The van der Waals surface area contributed by atoms with Gasteiger partial charge in [0.15, 0.2) is 6.10 Å². The normalized spacial score (nSPS) is 15.4. The van der Waals surface area contributed by atoms with Gasteiger partial charge in [0.2, 0.25) is 0 Å². The maximum Gasteiger partial charge on any atom is 0.415 e. The molecule has 0 amide bonds. The molecule has 0 saturated heterocycles. The summed E-state index contributed by atoms with van der Waals surface area (Å²) in [5.74, 6) is 0. The van der Waals surface area contributed by atoms with Gasteiger partial charge in [-0.1, -0.05) is 28.1 Å². The average molecular weight is 328 g/mol. The molecule has 7 heteroatoms. The Morgan fingerprint density at radius 2 is 1.89 bits per heavy atom. The summed E-state index contributed by atoms with van der Waals surface area (Å²) in [6.45, 7) is -0.710. The number of halogens is 4. The van der Waals surface area contributed by atoms with Crippen LogP contribution in [0.1, 0.15) is 11.7 Å². The van der Waals surface area contributed by atoms with Crippen LogP contribution in [-0.2, 0) is 0 Å². The van der Waals surface area contributed by atoms with Crippen LogP contribution in [0.15, 0.2) is 28.7 Å². The average Bonchev–Trinajstić information content (AvgIpc) is 2.27. The molecular weight excluding hydrogens is 315 g/mol. The van der Waals surface area contributed by atoms with E-state index in [0.717, 1.165) is 4.47 Å². The molecule has 0 fully saturated rings. The Labute approximate surface area is 111 Å². The van der Waals surface area contributed by atoms with Crippen LogP contribution in [0.25, 0.3) is 0 Å². The Morgan fingerprint density at radius 1 is 1.22 bits per heavy atom. The molecule has 2 atom stereocenters. The first-order valence-corrected chi connectivity index (χ1v) is 5.99. The number of hydrogen-bond acceptors (Lipinski definition) is 3. The van der Waals surface area contributed by atoms with E-state index >= 15 is 0 Å². The van der Waals surface area contributed by atoms with Crippen molar-refractivity contribution >= 4 is 15.9 Å². The molecule has 0 heterocycles. The molecular formula is C11H13BrF3NO2. The molecule has 0 bridgehead atoms. The lowest BCUT2D eigenvalue weighted by atomic mass is 10.1. The molecule has 102 valence electrons. The van der Waals surface area contributed by atoms with Gasteiger partial charge in [0.05, 0.1) is 6.10 Å². The largest absolute Gasteiger partial charge is 0.415 e. The van der Waals surface area contributed by atoms with Crippen molar-refractivity contribution in [3.05, 3.63) is 34.3 Å². The first kappa shape index (κ1) is 15.4. The topological polar surface area (TPSA) is 52.5 Å². The molecule has 0 aliphatic heterocycles. The summed E-state index contributed by atoms with van der Waals surface area (Å²) in [5, 5.41) is 20.8. The highest BCUT2D eigenvalue weighted by Gasteiger charge is 2.37. The summed E-state index contributed by atoms with van der Waals surface area (Å²) in [7, 11) is 0. The smallest absolute Gasteiger partial charge is 0.387 e. The van der Waals surface area contributed by atoms with Crippen LogP contribution >= 0.6 is 15.9 Å². The predicted molar refractivity (Wildman–Crippen MR) is 64.0 cm³/mol. The highest BCUT2D eigenvalue weighted by molar-refractivity contribution is 9.10. The standard InChI is InChI=1S/C11H13BrF3NO2/c12-8-3-1-2-7(4-8)9(17)5-16-6-10(18)11(13,14)15/h1-4,9-10,16-18H,5-6H2. The number of aliphatic hydroxyl groups is 2. The molecule has 3 nitrogen and oxygen atoms in total. The van der Waals surface area contributed by atoms with Gasteiger partial charge in [0.1, 0.15) is 0 Å². The molecule has 0 spiro atoms.